The van der Waals surface area contributed by atoms with Crippen LogP contribution in [-0.2, 0) is 10.5 Å². The Bertz CT molecular complexity index is 1120. The Labute approximate surface area is 169 Å². The van der Waals surface area contributed by atoms with Crippen LogP contribution in [0.3, 0.4) is 0 Å². The molecule has 1 atom stereocenters. The van der Waals surface area contributed by atoms with Gasteiger partial charge in [-0.3, -0.25) is 9.59 Å². The third-order valence-electron chi connectivity index (χ3n) is 4.47. The molecule has 1 amide bonds. The lowest BCUT2D eigenvalue weighted by Gasteiger charge is -2.25. The normalized spacial score (nSPS) is 15.8. The fraction of sp³-hybridized carbons (Fsp3) is 0.150. The highest BCUT2D eigenvalue weighted by molar-refractivity contribution is 7.98. The molecule has 2 heterocycles. The van der Waals surface area contributed by atoms with Gasteiger partial charge in [0.15, 0.2) is 5.16 Å². The van der Waals surface area contributed by atoms with Crippen LogP contribution in [0.2, 0.25) is 5.02 Å². The van der Waals surface area contributed by atoms with Gasteiger partial charge in [-0.05, 0) is 29.3 Å². The van der Waals surface area contributed by atoms with Crippen LogP contribution in [0.1, 0.15) is 29.0 Å². The molecule has 3 aromatic rings. The molecule has 5 nitrogen and oxygen atoms in total. The summed E-state index contributed by atoms with van der Waals surface area (Å²) in [7, 11) is 0. The molecular formula is C20H15ClFN3O2S. The SMILES string of the molecule is O=C1CC(c2ccccc2Cl)c2c(nc(SCc3cccc(F)c3)[nH]c2=O)N1. The summed E-state index contributed by atoms with van der Waals surface area (Å²) < 4.78 is 13.3. The molecule has 0 saturated carbocycles. The monoisotopic (exact) mass is 415 g/mol. The second-order valence-electron chi connectivity index (χ2n) is 6.38. The highest BCUT2D eigenvalue weighted by atomic mass is 35.5. The average Bonchev–Trinajstić information content (AvgIpc) is 2.66. The number of nitrogens with one attached hydrogen (secondary N) is 2. The molecule has 8 heteroatoms. The van der Waals surface area contributed by atoms with Crippen molar-refractivity contribution in [2.24, 2.45) is 0 Å². The van der Waals surface area contributed by atoms with Gasteiger partial charge < -0.3 is 10.3 Å². The summed E-state index contributed by atoms with van der Waals surface area (Å²) in [6.45, 7) is 0. The molecule has 0 fully saturated rings. The van der Waals surface area contributed by atoms with Gasteiger partial charge in [0, 0.05) is 23.1 Å². The molecule has 1 aliphatic heterocycles. The number of thioether (sulfide) groups is 1. The van der Waals surface area contributed by atoms with Gasteiger partial charge in [0.25, 0.3) is 5.56 Å². The predicted molar refractivity (Wildman–Crippen MR) is 107 cm³/mol. The molecule has 0 aliphatic carbocycles. The predicted octanol–water partition coefficient (Wildman–Crippen LogP) is 4.33. The first-order valence-corrected chi connectivity index (χ1v) is 9.93. The first-order chi connectivity index (χ1) is 13.5. The maximum Gasteiger partial charge on any atom is 0.257 e. The summed E-state index contributed by atoms with van der Waals surface area (Å²) in [6, 6.07) is 13.4. The Morgan fingerprint density at radius 1 is 1.18 bits per heavy atom. The molecule has 1 unspecified atom stereocenters. The summed E-state index contributed by atoms with van der Waals surface area (Å²) in [5, 5.41) is 3.53. The minimum absolute atomic E-state index is 0.122. The number of carbonyl (C=O) groups is 1. The first kappa shape index (κ1) is 18.7. The van der Waals surface area contributed by atoms with Gasteiger partial charge in [0.1, 0.15) is 11.6 Å². The third-order valence-corrected chi connectivity index (χ3v) is 5.76. The summed E-state index contributed by atoms with van der Waals surface area (Å²) in [4.78, 5) is 32.2. The zero-order chi connectivity index (χ0) is 19.7. The second-order valence-corrected chi connectivity index (χ2v) is 7.75. The molecule has 142 valence electrons. The maximum atomic E-state index is 13.3. The minimum Gasteiger partial charge on any atom is -0.310 e. The Hall–Kier alpha value is -2.64. The fourth-order valence-corrected chi connectivity index (χ4v) is 4.29. The third kappa shape index (κ3) is 3.81. The molecule has 28 heavy (non-hydrogen) atoms. The van der Waals surface area contributed by atoms with E-state index in [2.05, 4.69) is 15.3 Å². The van der Waals surface area contributed by atoms with Crippen LogP contribution in [0, 0.1) is 5.82 Å². The van der Waals surface area contributed by atoms with Crippen molar-refractivity contribution in [2.45, 2.75) is 23.2 Å². The van der Waals surface area contributed by atoms with E-state index in [0.717, 1.165) is 5.56 Å². The summed E-state index contributed by atoms with van der Waals surface area (Å²) in [6.07, 6.45) is 0.122. The van der Waals surface area contributed by atoms with E-state index in [1.807, 2.05) is 6.07 Å². The van der Waals surface area contributed by atoms with Crippen molar-refractivity contribution in [1.82, 2.24) is 9.97 Å². The number of amides is 1. The van der Waals surface area contributed by atoms with Gasteiger partial charge in [-0.25, -0.2) is 9.37 Å². The van der Waals surface area contributed by atoms with Gasteiger partial charge in [-0.1, -0.05) is 53.7 Å². The van der Waals surface area contributed by atoms with Crippen LogP contribution >= 0.6 is 23.4 Å². The van der Waals surface area contributed by atoms with Crippen molar-refractivity contribution in [3.8, 4) is 0 Å². The van der Waals surface area contributed by atoms with Crippen LogP contribution in [0.15, 0.2) is 58.5 Å². The lowest BCUT2D eigenvalue weighted by Crippen LogP contribution is -2.31. The van der Waals surface area contributed by atoms with Gasteiger partial charge >= 0.3 is 0 Å². The number of anilines is 1. The van der Waals surface area contributed by atoms with E-state index in [4.69, 9.17) is 11.6 Å². The molecular weight excluding hydrogens is 401 g/mol. The zero-order valence-electron chi connectivity index (χ0n) is 14.5. The smallest absolute Gasteiger partial charge is 0.257 e. The first-order valence-electron chi connectivity index (χ1n) is 8.57. The number of hydrogen-bond donors (Lipinski definition) is 2. The van der Waals surface area contributed by atoms with Crippen LogP contribution < -0.4 is 10.9 Å². The topological polar surface area (TPSA) is 74.8 Å². The number of benzene rings is 2. The molecule has 0 saturated heterocycles. The van der Waals surface area contributed by atoms with Crippen LogP contribution in [0.4, 0.5) is 10.2 Å². The Morgan fingerprint density at radius 3 is 2.79 bits per heavy atom. The summed E-state index contributed by atoms with van der Waals surface area (Å²) in [5.41, 5.74) is 1.55. The molecule has 0 spiro atoms. The number of nitrogens with zero attached hydrogens (tertiary/aromatic N) is 1. The van der Waals surface area contributed by atoms with Crippen molar-refractivity contribution in [3.05, 3.63) is 86.4 Å². The minimum atomic E-state index is -0.462. The van der Waals surface area contributed by atoms with E-state index in [1.165, 1.54) is 23.9 Å². The van der Waals surface area contributed by atoms with Crippen molar-refractivity contribution < 1.29 is 9.18 Å². The molecule has 0 radical (unpaired) electrons. The quantitative estimate of drug-likeness (QED) is 0.491. The van der Waals surface area contributed by atoms with E-state index in [-0.39, 0.29) is 29.5 Å². The van der Waals surface area contributed by atoms with Crippen molar-refractivity contribution in [3.63, 3.8) is 0 Å². The van der Waals surface area contributed by atoms with Crippen molar-refractivity contribution in [2.75, 3.05) is 5.32 Å². The summed E-state index contributed by atoms with van der Waals surface area (Å²) in [5.74, 6) is -0.333. The van der Waals surface area contributed by atoms with Gasteiger partial charge in [-0.2, -0.15) is 0 Å². The van der Waals surface area contributed by atoms with E-state index < -0.39 is 5.92 Å². The van der Waals surface area contributed by atoms with Gasteiger partial charge in [0.2, 0.25) is 5.91 Å². The number of aromatic amines is 1. The van der Waals surface area contributed by atoms with E-state index >= 15 is 0 Å². The number of halogens is 2. The largest absolute Gasteiger partial charge is 0.310 e. The molecule has 1 aliphatic rings. The lowest BCUT2D eigenvalue weighted by atomic mass is 9.87. The zero-order valence-corrected chi connectivity index (χ0v) is 16.1. The number of carbonyl (C=O) groups excluding carboxylic acids is 1. The van der Waals surface area contributed by atoms with Gasteiger partial charge in [0.05, 0.1) is 5.56 Å². The highest BCUT2D eigenvalue weighted by Gasteiger charge is 2.32. The molecule has 2 N–H and O–H groups in total. The number of rotatable bonds is 4. The van der Waals surface area contributed by atoms with Gasteiger partial charge in [-0.15, -0.1) is 0 Å². The molecule has 4 rings (SSSR count). The molecule has 0 bridgehead atoms. The highest BCUT2D eigenvalue weighted by Crippen LogP contribution is 2.37. The molecule has 2 aromatic carbocycles. The van der Waals surface area contributed by atoms with E-state index in [9.17, 15) is 14.0 Å². The Morgan fingerprint density at radius 2 is 2.00 bits per heavy atom. The van der Waals surface area contributed by atoms with E-state index in [1.54, 1.807) is 30.3 Å². The average molecular weight is 416 g/mol. The standard InChI is InChI=1S/C20H15ClFN3O2S/c21-15-7-2-1-6-13(15)14-9-16(26)23-18-17(14)19(27)25-20(24-18)28-10-11-4-3-5-12(22)8-11/h1-8,14H,9-10H2,(H2,23,24,25,26,27). The van der Waals surface area contributed by atoms with Crippen LogP contribution in [0.25, 0.3) is 0 Å². The van der Waals surface area contributed by atoms with Crippen molar-refractivity contribution >= 4 is 35.1 Å². The maximum absolute atomic E-state index is 13.3. The Balaban J connectivity index is 1.67. The summed E-state index contributed by atoms with van der Waals surface area (Å²) >= 11 is 7.55. The number of fused-ring (bicyclic) bond motifs is 1. The van der Waals surface area contributed by atoms with Crippen molar-refractivity contribution in [1.29, 1.82) is 0 Å². The second kappa shape index (κ2) is 7.77. The number of aromatic nitrogens is 2. The van der Waals surface area contributed by atoms with E-state index in [0.29, 0.717) is 27.1 Å². The number of H-pyrrole nitrogens is 1. The Kier molecular flexibility index (Phi) is 5.19. The molecule has 1 aromatic heterocycles. The van der Waals surface area contributed by atoms with Crippen LogP contribution in [-0.4, -0.2) is 15.9 Å². The lowest BCUT2D eigenvalue weighted by molar-refractivity contribution is -0.116. The van der Waals surface area contributed by atoms with Crippen LogP contribution in [0.5, 0.6) is 0 Å². The fourth-order valence-electron chi connectivity index (χ4n) is 3.22. The number of hydrogen-bond acceptors (Lipinski definition) is 4.